The van der Waals surface area contributed by atoms with E-state index in [4.69, 9.17) is 4.74 Å². The fraction of sp³-hybridized carbons (Fsp3) is 0.900. The van der Waals surface area contributed by atoms with E-state index in [-0.39, 0.29) is 12.1 Å². The van der Waals surface area contributed by atoms with Crippen molar-refractivity contribution in [3.63, 3.8) is 0 Å². The summed E-state index contributed by atoms with van der Waals surface area (Å²) >= 11 is 1.67. The highest BCUT2D eigenvalue weighted by atomic mass is 32.2. The molecule has 78 valence electrons. The van der Waals surface area contributed by atoms with Crippen LogP contribution in [0.3, 0.4) is 0 Å². The minimum absolute atomic E-state index is 0.0575. The molecule has 0 aromatic carbocycles. The van der Waals surface area contributed by atoms with E-state index >= 15 is 0 Å². The van der Waals surface area contributed by atoms with Gasteiger partial charge in [0, 0.05) is 5.75 Å². The predicted molar refractivity (Wildman–Crippen MR) is 58.1 cm³/mol. The minimum atomic E-state index is -0.0575. The SMILES string of the molecule is CCCC[C@H](C)OC(=O)CCSC. The maximum atomic E-state index is 11.1. The Kier molecular flexibility index (Phi) is 8.30. The summed E-state index contributed by atoms with van der Waals surface area (Å²) in [7, 11) is 0. The normalized spacial score (nSPS) is 12.5. The first-order chi connectivity index (χ1) is 6.20. The fourth-order valence-electron chi connectivity index (χ4n) is 1.02. The first kappa shape index (κ1) is 12.8. The van der Waals surface area contributed by atoms with E-state index in [0.717, 1.165) is 25.0 Å². The lowest BCUT2D eigenvalue weighted by molar-refractivity contribution is -0.148. The van der Waals surface area contributed by atoms with E-state index in [2.05, 4.69) is 6.92 Å². The first-order valence-electron chi connectivity index (χ1n) is 4.89. The number of carbonyl (C=O) groups is 1. The van der Waals surface area contributed by atoms with Crippen molar-refractivity contribution in [2.75, 3.05) is 12.0 Å². The summed E-state index contributed by atoms with van der Waals surface area (Å²) in [5, 5.41) is 0. The highest BCUT2D eigenvalue weighted by Gasteiger charge is 2.07. The maximum absolute atomic E-state index is 11.1. The molecule has 0 N–H and O–H groups in total. The number of ether oxygens (including phenoxy) is 1. The zero-order valence-electron chi connectivity index (χ0n) is 8.84. The molecule has 0 saturated carbocycles. The quantitative estimate of drug-likeness (QED) is 0.596. The van der Waals surface area contributed by atoms with Gasteiger partial charge in [-0.15, -0.1) is 0 Å². The second-order valence-electron chi connectivity index (χ2n) is 3.19. The summed E-state index contributed by atoms with van der Waals surface area (Å²) in [5.74, 6) is 0.803. The van der Waals surface area contributed by atoms with Crippen LogP contribution in [0.15, 0.2) is 0 Å². The van der Waals surface area contributed by atoms with Crippen LogP contribution < -0.4 is 0 Å². The van der Waals surface area contributed by atoms with Gasteiger partial charge in [0.05, 0.1) is 12.5 Å². The van der Waals surface area contributed by atoms with Crippen molar-refractivity contribution in [2.24, 2.45) is 0 Å². The molecule has 2 nitrogen and oxygen atoms in total. The van der Waals surface area contributed by atoms with Crippen LogP contribution in [0.2, 0.25) is 0 Å². The Morgan fingerprint density at radius 2 is 2.23 bits per heavy atom. The summed E-state index contributed by atoms with van der Waals surface area (Å²) in [6.07, 6.45) is 5.91. The molecule has 0 unspecified atom stereocenters. The van der Waals surface area contributed by atoms with Crippen molar-refractivity contribution >= 4 is 17.7 Å². The number of carbonyl (C=O) groups excluding carboxylic acids is 1. The van der Waals surface area contributed by atoms with Crippen LogP contribution in [0.1, 0.15) is 39.5 Å². The number of unbranched alkanes of at least 4 members (excludes halogenated alkanes) is 1. The highest BCUT2D eigenvalue weighted by molar-refractivity contribution is 7.98. The van der Waals surface area contributed by atoms with Gasteiger partial charge in [-0.05, 0) is 19.6 Å². The number of esters is 1. The van der Waals surface area contributed by atoms with Crippen molar-refractivity contribution in [1.29, 1.82) is 0 Å². The van der Waals surface area contributed by atoms with Crippen molar-refractivity contribution in [1.82, 2.24) is 0 Å². The average Bonchev–Trinajstić information content (AvgIpc) is 2.11. The summed E-state index contributed by atoms with van der Waals surface area (Å²) in [6.45, 7) is 4.11. The van der Waals surface area contributed by atoms with E-state index in [9.17, 15) is 4.79 Å². The van der Waals surface area contributed by atoms with Crippen LogP contribution >= 0.6 is 11.8 Å². The fourth-order valence-corrected chi connectivity index (χ4v) is 1.39. The van der Waals surface area contributed by atoms with Crippen molar-refractivity contribution < 1.29 is 9.53 Å². The maximum Gasteiger partial charge on any atom is 0.306 e. The van der Waals surface area contributed by atoms with Gasteiger partial charge >= 0.3 is 5.97 Å². The zero-order valence-corrected chi connectivity index (χ0v) is 9.65. The second kappa shape index (κ2) is 8.42. The third-order valence-electron chi connectivity index (χ3n) is 1.81. The van der Waals surface area contributed by atoms with Gasteiger partial charge in [0.15, 0.2) is 0 Å². The van der Waals surface area contributed by atoms with Gasteiger partial charge in [-0.1, -0.05) is 19.8 Å². The Labute approximate surface area is 85.4 Å². The average molecular weight is 204 g/mol. The Hall–Kier alpha value is -0.180. The predicted octanol–water partition coefficient (Wildman–Crippen LogP) is 2.86. The van der Waals surface area contributed by atoms with Crippen LogP contribution in [0, 0.1) is 0 Å². The van der Waals surface area contributed by atoms with Crippen LogP contribution in [0.5, 0.6) is 0 Å². The van der Waals surface area contributed by atoms with Gasteiger partial charge in [-0.3, -0.25) is 4.79 Å². The molecule has 0 aliphatic heterocycles. The zero-order chi connectivity index (χ0) is 10.1. The third kappa shape index (κ3) is 8.16. The molecule has 0 aromatic heterocycles. The second-order valence-corrected chi connectivity index (χ2v) is 4.17. The molecule has 0 aliphatic rings. The molecule has 0 amide bonds. The third-order valence-corrected chi connectivity index (χ3v) is 2.42. The standard InChI is InChI=1S/C10H20O2S/c1-4-5-6-9(2)12-10(11)7-8-13-3/h9H,4-8H2,1-3H3/t9-/m0/s1. The van der Waals surface area contributed by atoms with Gasteiger partial charge in [0.2, 0.25) is 0 Å². The molecule has 0 bridgehead atoms. The highest BCUT2D eigenvalue weighted by Crippen LogP contribution is 2.06. The molecule has 3 heteroatoms. The van der Waals surface area contributed by atoms with E-state index < -0.39 is 0 Å². The Morgan fingerprint density at radius 3 is 2.77 bits per heavy atom. The van der Waals surface area contributed by atoms with Crippen LogP contribution in [-0.4, -0.2) is 24.1 Å². The lowest BCUT2D eigenvalue weighted by Gasteiger charge is -2.12. The van der Waals surface area contributed by atoms with Gasteiger partial charge in [-0.25, -0.2) is 0 Å². The van der Waals surface area contributed by atoms with E-state index in [1.165, 1.54) is 0 Å². The molecule has 0 fully saturated rings. The number of thioether (sulfide) groups is 1. The molecule has 0 heterocycles. The number of rotatable bonds is 7. The molecule has 0 spiro atoms. The molecule has 0 saturated heterocycles. The van der Waals surface area contributed by atoms with E-state index in [1.807, 2.05) is 13.2 Å². The van der Waals surface area contributed by atoms with Crippen LogP contribution in [-0.2, 0) is 9.53 Å². The van der Waals surface area contributed by atoms with Crippen LogP contribution in [0.25, 0.3) is 0 Å². The largest absolute Gasteiger partial charge is 0.463 e. The molecule has 13 heavy (non-hydrogen) atoms. The number of hydrogen-bond donors (Lipinski definition) is 0. The minimum Gasteiger partial charge on any atom is -0.463 e. The van der Waals surface area contributed by atoms with Crippen molar-refractivity contribution in [2.45, 2.75) is 45.6 Å². The van der Waals surface area contributed by atoms with Gasteiger partial charge < -0.3 is 4.74 Å². The summed E-state index contributed by atoms with van der Waals surface area (Å²) < 4.78 is 5.20. The number of hydrogen-bond acceptors (Lipinski definition) is 3. The lowest BCUT2D eigenvalue weighted by atomic mass is 10.2. The molecule has 0 aromatic rings. The molecule has 0 radical (unpaired) electrons. The van der Waals surface area contributed by atoms with Gasteiger partial charge in [0.1, 0.15) is 0 Å². The van der Waals surface area contributed by atoms with E-state index in [1.54, 1.807) is 11.8 Å². The van der Waals surface area contributed by atoms with Gasteiger partial charge in [-0.2, -0.15) is 11.8 Å². The molecule has 0 aliphatic carbocycles. The van der Waals surface area contributed by atoms with Crippen molar-refractivity contribution in [3.05, 3.63) is 0 Å². The summed E-state index contributed by atoms with van der Waals surface area (Å²) in [5.41, 5.74) is 0. The molecular formula is C10H20O2S. The lowest BCUT2D eigenvalue weighted by Crippen LogP contribution is -2.15. The molecule has 1 atom stereocenters. The molecular weight excluding hydrogens is 184 g/mol. The van der Waals surface area contributed by atoms with E-state index in [0.29, 0.717) is 6.42 Å². The Bertz CT molecular complexity index is 137. The smallest absolute Gasteiger partial charge is 0.306 e. The summed E-state index contributed by atoms with van der Waals surface area (Å²) in [4.78, 5) is 11.1. The van der Waals surface area contributed by atoms with Gasteiger partial charge in [0.25, 0.3) is 0 Å². The summed E-state index contributed by atoms with van der Waals surface area (Å²) in [6, 6.07) is 0. The van der Waals surface area contributed by atoms with Crippen molar-refractivity contribution in [3.8, 4) is 0 Å². The monoisotopic (exact) mass is 204 g/mol. The van der Waals surface area contributed by atoms with Crippen LogP contribution in [0.4, 0.5) is 0 Å². The first-order valence-corrected chi connectivity index (χ1v) is 6.28. The molecule has 0 rings (SSSR count). The Balaban J connectivity index is 3.41. The Morgan fingerprint density at radius 1 is 1.54 bits per heavy atom. The topological polar surface area (TPSA) is 26.3 Å².